The number of ether oxygens (including phenoxy) is 1. The van der Waals surface area contributed by atoms with Crippen molar-refractivity contribution in [1.29, 1.82) is 0 Å². The van der Waals surface area contributed by atoms with Crippen LogP contribution in [-0.2, 0) is 9.53 Å². The maximum Gasteiger partial charge on any atom is 0.145 e. The highest BCUT2D eigenvalue weighted by molar-refractivity contribution is 5.50. The van der Waals surface area contributed by atoms with E-state index in [1.165, 1.54) is 0 Å². The van der Waals surface area contributed by atoms with Crippen molar-refractivity contribution in [2.24, 2.45) is 0 Å². The number of aliphatic hydroxyl groups excluding tert-OH is 1. The minimum Gasteiger partial charge on any atom is -0.381 e. The second-order valence-electron chi connectivity index (χ2n) is 1.40. The van der Waals surface area contributed by atoms with Gasteiger partial charge >= 0.3 is 0 Å². The molecule has 0 saturated carbocycles. The Morgan fingerprint density at radius 2 is 2.44 bits per heavy atom. The average molecular weight is 133 g/mol. The summed E-state index contributed by atoms with van der Waals surface area (Å²) in [6.45, 7) is 1.11. The highest BCUT2D eigenvalue weighted by Gasteiger charge is 1.83. The quantitative estimate of drug-likeness (QED) is 0.270. The third kappa shape index (κ3) is 7.55. The van der Waals surface area contributed by atoms with Gasteiger partial charge in [-0.1, -0.05) is 0 Å². The van der Waals surface area contributed by atoms with Gasteiger partial charge in [-0.2, -0.15) is 0 Å². The predicted octanol–water partition coefficient (Wildman–Crippen LogP) is -1.26. The number of hydrogen-bond donors (Lipinski definition) is 2. The van der Waals surface area contributed by atoms with E-state index in [2.05, 4.69) is 5.32 Å². The third-order valence-electron chi connectivity index (χ3n) is 0.721. The summed E-state index contributed by atoms with van der Waals surface area (Å²) < 4.78 is 4.74. The van der Waals surface area contributed by atoms with Gasteiger partial charge in [0, 0.05) is 6.54 Å². The molecule has 0 rings (SSSR count). The lowest BCUT2D eigenvalue weighted by Gasteiger charge is -1.98. The molecule has 9 heavy (non-hydrogen) atoms. The van der Waals surface area contributed by atoms with Gasteiger partial charge in [0.2, 0.25) is 0 Å². The minimum absolute atomic E-state index is 0.0511. The molecule has 0 aromatic heterocycles. The van der Waals surface area contributed by atoms with Crippen molar-refractivity contribution >= 4 is 6.29 Å². The van der Waals surface area contributed by atoms with Crippen molar-refractivity contribution in [3.05, 3.63) is 0 Å². The van der Waals surface area contributed by atoms with Crippen molar-refractivity contribution < 1.29 is 14.6 Å². The molecule has 0 radical (unpaired) electrons. The molecule has 0 spiro atoms. The van der Waals surface area contributed by atoms with Crippen molar-refractivity contribution in [3.63, 3.8) is 0 Å². The lowest BCUT2D eigenvalue weighted by Crippen LogP contribution is -2.20. The van der Waals surface area contributed by atoms with Crippen molar-refractivity contribution in [2.75, 3.05) is 26.5 Å². The Morgan fingerprint density at radius 1 is 1.67 bits per heavy atom. The molecule has 0 amide bonds. The number of aliphatic hydroxyl groups is 1. The van der Waals surface area contributed by atoms with Gasteiger partial charge in [0.05, 0.1) is 13.3 Å². The Balaban J connectivity index is 2.66. The second kappa shape index (κ2) is 7.55. The molecule has 0 saturated heterocycles. The molecule has 0 bridgehead atoms. The fourth-order valence-electron chi connectivity index (χ4n) is 0.355. The van der Waals surface area contributed by atoms with Crippen LogP contribution >= 0.6 is 0 Å². The standard InChI is InChI=1S/C5H11NO3/c7-2-4-9-3-1-6-5-8/h2,6,8H,1,3-5H2. The zero-order valence-corrected chi connectivity index (χ0v) is 5.17. The molecular formula is C5H11NO3. The van der Waals surface area contributed by atoms with Gasteiger partial charge in [0.15, 0.2) is 0 Å². The van der Waals surface area contributed by atoms with E-state index in [4.69, 9.17) is 9.84 Å². The first kappa shape index (κ1) is 8.55. The van der Waals surface area contributed by atoms with Crippen LogP contribution in [0.2, 0.25) is 0 Å². The van der Waals surface area contributed by atoms with Crippen LogP contribution in [-0.4, -0.2) is 37.9 Å². The average Bonchev–Trinajstić information content (AvgIpc) is 1.89. The Morgan fingerprint density at radius 3 is 3.00 bits per heavy atom. The minimum atomic E-state index is -0.0511. The van der Waals surface area contributed by atoms with Gasteiger partial charge in [-0.25, -0.2) is 0 Å². The highest BCUT2D eigenvalue weighted by Crippen LogP contribution is 1.67. The number of hydrogen-bond acceptors (Lipinski definition) is 4. The number of rotatable bonds is 6. The maximum absolute atomic E-state index is 9.64. The molecule has 0 aromatic rings. The molecule has 0 aromatic carbocycles. The van der Waals surface area contributed by atoms with Gasteiger partial charge in [0.25, 0.3) is 0 Å². The third-order valence-corrected chi connectivity index (χ3v) is 0.721. The van der Waals surface area contributed by atoms with Crippen LogP contribution in [0.3, 0.4) is 0 Å². The van der Waals surface area contributed by atoms with Gasteiger partial charge < -0.3 is 14.6 Å². The maximum atomic E-state index is 9.64. The highest BCUT2D eigenvalue weighted by atomic mass is 16.5. The summed E-state index contributed by atoms with van der Waals surface area (Å²) in [6, 6.07) is 0. The van der Waals surface area contributed by atoms with E-state index >= 15 is 0 Å². The van der Waals surface area contributed by atoms with E-state index in [0.29, 0.717) is 19.4 Å². The van der Waals surface area contributed by atoms with E-state index in [9.17, 15) is 4.79 Å². The molecule has 4 heteroatoms. The molecule has 0 unspecified atom stereocenters. The molecule has 2 N–H and O–H groups in total. The largest absolute Gasteiger partial charge is 0.381 e. The number of carbonyl (C=O) groups is 1. The lowest BCUT2D eigenvalue weighted by molar-refractivity contribution is -0.111. The van der Waals surface area contributed by atoms with Crippen LogP contribution in [0.4, 0.5) is 0 Å². The van der Waals surface area contributed by atoms with E-state index < -0.39 is 0 Å². The summed E-state index contributed by atoms with van der Waals surface area (Å²) in [4.78, 5) is 9.64. The second-order valence-corrected chi connectivity index (χ2v) is 1.40. The Bertz CT molecular complexity index is 67.2. The van der Waals surface area contributed by atoms with Gasteiger partial charge in [-0.05, 0) is 0 Å². The molecule has 54 valence electrons. The molecule has 4 nitrogen and oxygen atoms in total. The van der Waals surface area contributed by atoms with Crippen LogP contribution in [0.25, 0.3) is 0 Å². The molecule has 0 atom stereocenters. The monoisotopic (exact) mass is 133 g/mol. The Kier molecular flexibility index (Phi) is 7.17. The summed E-state index contributed by atoms with van der Waals surface area (Å²) in [5, 5.41) is 10.8. The molecule has 0 fully saturated rings. The topological polar surface area (TPSA) is 58.6 Å². The normalized spacial score (nSPS) is 9.44. The predicted molar refractivity (Wildman–Crippen MR) is 32.0 cm³/mol. The first-order chi connectivity index (χ1) is 4.41. The van der Waals surface area contributed by atoms with E-state index in [1.807, 2.05) is 0 Å². The molecule has 0 aliphatic carbocycles. The summed E-state index contributed by atoms with van der Waals surface area (Å²) >= 11 is 0. The van der Waals surface area contributed by atoms with Crippen molar-refractivity contribution in [2.45, 2.75) is 0 Å². The summed E-state index contributed by atoms with van der Waals surface area (Å²) in [5.41, 5.74) is 0. The fraction of sp³-hybridized carbons (Fsp3) is 0.800. The number of aldehydes is 1. The first-order valence-electron chi connectivity index (χ1n) is 2.74. The number of carbonyl (C=O) groups excluding carboxylic acids is 1. The van der Waals surface area contributed by atoms with Gasteiger partial charge in [-0.3, -0.25) is 5.32 Å². The Hall–Kier alpha value is -0.450. The molecule has 0 heterocycles. The zero-order chi connectivity index (χ0) is 6.95. The molecule has 0 aliphatic rings. The van der Waals surface area contributed by atoms with Gasteiger partial charge in [-0.15, -0.1) is 0 Å². The smallest absolute Gasteiger partial charge is 0.145 e. The van der Waals surface area contributed by atoms with Crippen LogP contribution in [0.5, 0.6) is 0 Å². The zero-order valence-electron chi connectivity index (χ0n) is 5.17. The summed E-state index contributed by atoms with van der Waals surface area (Å²) in [7, 11) is 0. The van der Waals surface area contributed by atoms with Crippen molar-refractivity contribution in [1.82, 2.24) is 5.32 Å². The first-order valence-corrected chi connectivity index (χ1v) is 2.74. The van der Waals surface area contributed by atoms with E-state index in [0.717, 1.165) is 0 Å². The number of nitrogens with one attached hydrogen (secondary N) is 1. The Labute approximate surface area is 53.8 Å². The van der Waals surface area contributed by atoms with Crippen LogP contribution in [0.1, 0.15) is 0 Å². The van der Waals surface area contributed by atoms with Crippen molar-refractivity contribution in [3.8, 4) is 0 Å². The molecular weight excluding hydrogens is 122 g/mol. The van der Waals surface area contributed by atoms with Crippen LogP contribution in [0, 0.1) is 0 Å². The SMILES string of the molecule is O=CCOCCNCO. The summed E-state index contributed by atoms with van der Waals surface area (Å²) in [6.07, 6.45) is 0.693. The van der Waals surface area contributed by atoms with E-state index in [-0.39, 0.29) is 13.3 Å². The summed E-state index contributed by atoms with van der Waals surface area (Å²) in [5.74, 6) is 0. The van der Waals surface area contributed by atoms with Gasteiger partial charge in [0.1, 0.15) is 12.9 Å². The molecule has 0 aliphatic heterocycles. The van der Waals surface area contributed by atoms with Crippen LogP contribution in [0.15, 0.2) is 0 Å². The van der Waals surface area contributed by atoms with Crippen LogP contribution < -0.4 is 5.32 Å². The fourth-order valence-corrected chi connectivity index (χ4v) is 0.355. The lowest BCUT2D eigenvalue weighted by atomic mass is 10.7. The van der Waals surface area contributed by atoms with E-state index in [1.54, 1.807) is 0 Å².